The van der Waals surface area contributed by atoms with Gasteiger partial charge in [-0.3, -0.25) is 4.79 Å². The van der Waals surface area contributed by atoms with Crippen molar-refractivity contribution in [1.29, 1.82) is 0 Å². The van der Waals surface area contributed by atoms with Gasteiger partial charge in [-0.1, -0.05) is 0 Å². The summed E-state index contributed by atoms with van der Waals surface area (Å²) in [6, 6.07) is 3.66. The molecule has 18 heavy (non-hydrogen) atoms. The summed E-state index contributed by atoms with van der Waals surface area (Å²) >= 11 is 0. The van der Waals surface area contributed by atoms with E-state index in [0.29, 0.717) is 17.5 Å². The van der Waals surface area contributed by atoms with Crippen LogP contribution in [0.4, 0.5) is 5.82 Å². The van der Waals surface area contributed by atoms with Gasteiger partial charge >= 0.3 is 0 Å². The number of pyridine rings is 1. The Morgan fingerprint density at radius 3 is 3.06 bits per heavy atom. The summed E-state index contributed by atoms with van der Waals surface area (Å²) in [7, 11) is 0. The Hall–Kier alpha value is -1.62. The van der Waals surface area contributed by atoms with E-state index in [4.69, 9.17) is 4.74 Å². The number of hydrogen-bond acceptors (Lipinski definition) is 4. The molecule has 0 aromatic carbocycles. The number of amides is 1. The van der Waals surface area contributed by atoms with Crippen LogP contribution in [0.2, 0.25) is 0 Å². The van der Waals surface area contributed by atoms with Crippen LogP contribution in [0, 0.1) is 5.92 Å². The average molecular weight is 247 g/mol. The second kappa shape index (κ2) is 4.94. The van der Waals surface area contributed by atoms with Crippen LogP contribution in [0.5, 0.6) is 5.75 Å². The highest BCUT2D eigenvalue weighted by Crippen LogP contribution is 2.29. The fourth-order valence-electron chi connectivity index (χ4n) is 2.56. The molecular weight excluding hydrogens is 230 g/mol. The Morgan fingerprint density at radius 1 is 1.39 bits per heavy atom. The smallest absolute Gasteiger partial charge is 0.266 e. The number of ether oxygens (including phenoxy) is 1. The van der Waals surface area contributed by atoms with Crippen LogP contribution in [0.25, 0.3) is 0 Å². The van der Waals surface area contributed by atoms with Gasteiger partial charge in [0.25, 0.3) is 5.91 Å². The van der Waals surface area contributed by atoms with Crippen molar-refractivity contribution in [2.24, 2.45) is 5.92 Å². The SMILES string of the molecule is O=C1Nc2ncccc2OC1CC1CCNCC1. The van der Waals surface area contributed by atoms with Crippen LogP contribution in [0.15, 0.2) is 18.3 Å². The van der Waals surface area contributed by atoms with Crippen molar-refractivity contribution in [2.75, 3.05) is 18.4 Å². The van der Waals surface area contributed by atoms with Gasteiger partial charge in [-0.25, -0.2) is 4.98 Å². The van der Waals surface area contributed by atoms with Crippen molar-refractivity contribution in [3.05, 3.63) is 18.3 Å². The second-order valence-electron chi connectivity index (χ2n) is 4.87. The summed E-state index contributed by atoms with van der Waals surface area (Å²) in [4.78, 5) is 16.0. The Kier molecular flexibility index (Phi) is 3.15. The first-order valence-electron chi connectivity index (χ1n) is 6.46. The Bertz CT molecular complexity index is 444. The van der Waals surface area contributed by atoms with Crippen LogP contribution in [-0.2, 0) is 4.79 Å². The van der Waals surface area contributed by atoms with E-state index in [0.717, 1.165) is 32.4 Å². The van der Waals surface area contributed by atoms with Crippen molar-refractivity contribution in [1.82, 2.24) is 10.3 Å². The number of rotatable bonds is 2. The summed E-state index contributed by atoms with van der Waals surface area (Å²) < 4.78 is 5.75. The lowest BCUT2D eigenvalue weighted by Crippen LogP contribution is -2.40. The molecule has 5 nitrogen and oxygen atoms in total. The topological polar surface area (TPSA) is 63.2 Å². The lowest BCUT2D eigenvalue weighted by molar-refractivity contribution is -0.124. The number of nitrogens with one attached hydrogen (secondary N) is 2. The van der Waals surface area contributed by atoms with E-state index in [1.807, 2.05) is 12.1 Å². The van der Waals surface area contributed by atoms with Crippen molar-refractivity contribution >= 4 is 11.7 Å². The van der Waals surface area contributed by atoms with Gasteiger partial charge in [0, 0.05) is 6.20 Å². The van der Waals surface area contributed by atoms with E-state index in [1.54, 1.807) is 6.20 Å². The van der Waals surface area contributed by atoms with E-state index in [1.165, 1.54) is 0 Å². The summed E-state index contributed by atoms with van der Waals surface area (Å²) in [5, 5.41) is 6.14. The normalized spacial score (nSPS) is 24.0. The minimum atomic E-state index is -0.371. The van der Waals surface area contributed by atoms with Crippen molar-refractivity contribution in [3.8, 4) is 5.75 Å². The number of nitrogens with zero attached hydrogens (tertiary/aromatic N) is 1. The second-order valence-corrected chi connectivity index (χ2v) is 4.87. The quantitative estimate of drug-likeness (QED) is 0.823. The van der Waals surface area contributed by atoms with Gasteiger partial charge in [0.05, 0.1) is 0 Å². The molecule has 3 heterocycles. The van der Waals surface area contributed by atoms with Crippen LogP contribution >= 0.6 is 0 Å². The minimum Gasteiger partial charge on any atom is -0.477 e. The molecule has 96 valence electrons. The van der Waals surface area contributed by atoms with Gasteiger partial charge in [-0.05, 0) is 50.4 Å². The third-order valence-electron chi connectivity index (χ3n) is 3.58. The van der Waals surface area contributed by atoms with E-state index in [2.05, 4.69) is 15.6 Å². The van der Waals surface area contributed by atoms with Gasteiger partial charge < -0.3 is 15.4 Å². The molecule has 0 saturated carbocycles. The first-order chi connectivity index (χ1) is 8.83. The monoisotopic (exact) mass is 247 g/mol. The zero-order chi connectivity index (χ0) is 12.4. The molecule has 0 bridgehead atoms. The van der Waals surface area contributed by atoms with Crippen molar-refractivity contribution < 1.29 is 9.53 Å². The molecule has 1 unspecified atom stereocenters. The van der Waals surface area contributed by atoms with Gasteiger partial charge in [-0.15, -0.1) is 0 Å². The number of carbonyl (C=O) groups excluding carboxylic acids is 1. The molecule has 2 N–H and O–H groups in total. The van der Waals surface area contributed by atoms with Crippen molar-refractivity contribution in [2.45, 2.75) is 25.4 Å². The number of aromatic nitrogens is 1. The Labute approximate surface area is 106 Å². The van der Waals surface area contributed by atoms with E-state index in [9.17, 15) is 4.79 Å². The van der Waals surface area contributed by atoms with Gasteiger partial charge in [-0.2, -0.15) is 0 Å². The molecule has 5 heteroatoms. The van der Waals surface area contributed by atoms with Gasteiger partial charge in [0.15, 0.2) is 17.7 Å². The molecule has 2 aliphatic heterocycles. The molecule has 3 rings (SSSR count). The maximum Gasteiger partial charge on any atom is 0.266 e. The van der Waals surface area contributed by atoms with E-state index >= 15 is 0 Å². The highest BCUT2D eigenvalue weighted by atomic mass is 16.5. The zero-order valence-corrected chi connectivity index (χ0v) is 10.2. The fourth-order valence-corrected chi connectivity index (χ4v) is 2.56. The fraction of sp³-hybridized carbons (Fsp3) is 0.538. The zero-order valence-electron chi connectivity index (χ0n) is 10.2. The number of fused-ring (bicyclic) bond motifs is 1. The van der Waals surface area contributed by atoms with Crippen LogP contribution in [-0.4, -0.2) is 30.1 Å². The molecular formula is C13H17N3O2. The highest BCUT2D eigenvalue weighted by molar-refractivity contribution is 5.96. The Morgan fingerprint density at radius 2 is 2.22 bits per heavy atom. The molecule has 0 spiro atoms. The highest BCUT2D eigenvalue weighted by Gasteiger charge is 2.30. The minimum absolute atomic E-state index is 0.0697. The number of piperidine rings is 1. The van der Waals surface area contributed by atoms with E-state index in [-0.39, 0.29) is 12.0 Å². The number of anilines is 1. The summed E-state index contributed by atoms with van der Waals surface area (Å²) in [6.07, 6.45) is 4.31. The molecule has 0 aliphatic carbocycles. The van der Waals surface area contributed by atoms with Crippen LogP contribution in [0.1, 0.15) is 19.3 Å². The van der Waals surface area contributed by atoms with Gasteiger partial charge in [0.2, 0.25) is 0 Å². The van der Waals surface area contributed by atoms with Crippen molar-refractivity contribution in [3.63, 3.8) is 0 Å². The van der Waals surface area contributed by atoms with Crippen LogP contribution in [0.3, 0.4) is 0 Å². The van der Waals surface area contributed by atoms with Crippen LogP contribution < -0.4 is 15.4 Å². The first-order valence-corrected chi connectivity index (χ1v) is 6.46. The molecule has 1 amide bonds. The van der Waals surface area contributed by atoms with Gasteiger partial charge in [0.1, 0.15) is 0 Å². The number of carbonyl (C=O) groups is 1. The third kappa shape index (κ3) is 2.31. The molecule has 0 radical (unpaired) electrons. The summed E-state index contributed by atoms with van der Waals surface area (Å²) in [5.41, 5.74) is 0. The summed E-state index contributed by atoms with van der Waals surface area (Å²) in [5.74, 6) is 1.71. The molecule has 1 aromatic heterocycles. The number of hydrogen-bond donors (Lipinski definition) is 2. The largest absolute Gasteiger partial charge is 0.477 e. The molecule has 1 atom stereocenters. The maximum absolute atomic E-state index is 11.9. The molecule has 2 aliphatic rings. The lowest BCUT2D eigenvalue weighted by Gasteiger charge is -2.29. The molecule has 1 aromatic rings. The standard InChI is InChI=1S/C13H17N3O2/c17-13-11(8-9-3-6-14-7-4-9)18-10-2-1-5-15-12(10)16-13/h1-2,5,9,11,14H,3-4,6-8H2,(H,15,16,17). The molecule has 1 fully saturated rings. The summed E-state index contributed by atoms with van der Waals surface area (Å²) in [6.45, 7) is 2.08. The maximum atomic E-state index is 11.9. The Balaban J connectivity index is 1.68. The first kappa shape index (κ1) is 11.5. The third-order valence-corrected chi connectivity index (χ3v) is 3.58. The average Bonchev–Trinajstić information content (AvgIpc) is 2.41. The predicted molar refractivity (Wildman–Crippen MR) is 67.5 cm³/mol. The lowest BCUT2D eigenvalue weighted by atomic mass is 9.91. The van der Waals surface area contributed by atoms with E-state index < -0.39 is 0 Å². The predicted octanol–water partition coefficient (Wildman–Crippen LogP) is 1.17. The molecule has 1 saturated heterocycles.